The quantitative estimate of drug-likeness (QED) is 0.675. The molecule has 3 nitrogen and oxygen atoms in total. The molecule has 0 atom stereocenters. The Hall–Kier alpha value is -1.64. The fourth-order valence-electron chi connectivity index (χ4n) is 1.76. The molecule has 0 saturated heterocycles. The molecule has 0 bridgehead atoms. The van der Waals surface area contributed by atoms with Crippen LogP contribution < -0.4 is 0 Å². The predicted octanol–water partition coefficient (Wildman–Crippen LogP) is 1.95. The van der Waals surface area contributed by atoms with Crippen LogP contribution in [0.2, 0.25) is 0 Å². The van der Waals surface area contributed by atoms with Gasteiger partial charge in [-0.3, -0.25) is 4.79 Å². The largest absolute Gasteiger partial charge is 0.325 e. The Labute approximate surface area is 82.4 Å². The molecule has 0 N–H and O–H groups in total. The maximum absolute atomic E-state index is 10.7. The molecule has 3 heteroatoms. The van der Waals surface area contributed by atoms with Gasteiger partial charge in [0.25, 0.3) is 0 Å². The summed E-state index contributed by atoms with van der Waals surface area (Å²) >= 11 is 0. The first kappa shape index (κ1) is 8.94. The first-order valence-electron chi connectivity index (χ1n) is 4.67. The number of hydrogen-bond acceptors (Lipinski definition) is 2. The van der Waals surface area contributed by atoms with Crippen LogP contribution in [0.5, 0.6) is 0 Å². The molecule has 0 aliphatic heterocycles. The average molecular weight is 188 g/mol. The fraction of sp³-hybridized carbons (Fsp3) is 0.273. The molecule has 1 aromatic heterocycles. The van der Waals surface area contributed by atoms with E-state index in [2.05, 4.69) is 18.0 Å². The Morgan fingerprint density at radius 3 is 2.93 bits per heavy atom. The number of hydrogen-bond donors (Lipinski definition) is 0. The van der Waals surface area contributed by atoms with Crippen LogP contribution in [0.4, 0.5) is 0 Å². The molecule has 0 saturated carbocycles. The Balaban J connectivity index is 2.85. The number of rotatable bonds is 2. The van der Waals surface area contributed by atoms with E-state index in [-0.39, 0.29) is 0 Å². The number of benzene rings is 1. The van der Waals surface area contributed by atoms with Gasteiger partial charge in [0.1, 0.15) is 0 Å². The van der Waals surface area contributed by atoms with Gasteiger partial charge in [-0.1, -0.05) is 19.1 Å². The van der Waals surface area contributed by atoms with Crippen molar-refractivity contribution in [1.29, 1.82) is 0 Å². The molecule has 0 fully saturated rings. The third-order valence-corrected chi connectivity index (χ3v) is 2.50. The monoisotopic (exact) mass is 188 g/mol. The minimum absolute atomic E-state index is 0.487. The molecular formula is C11H12N2O. The summed E-state index contributed by atoms with van der Waals surface area (Å²) in [6.45, 7) is 2.10. The third-order valence-electron chi connectivity index (χ3n) is 2.50. The molecule has 1 aromatic carbocycles. The molecule has 1 heterocycles. The van der Waals surface area contributed by atoms with Crippen LogP contribution in [0.1, 0.15) is 23.1 Å². The SMILES string of the molecule is CCc1cccc2nc(C=O)n(C)c12. The van der Waals surface area contributed by atoms with Gasteiger partial charge in [-0.05, 0) is 18.1 Å². The van der Waals surface area contributed by atoms with Crippen molar-refractivity contribution >= 4 is 17.3 Å². The summed E-state index contributed by atoms with van der Waals surface area (Å²) < 4.78 is 1.85. The molecule has 2 aromatic rings. The van der Waals surface area contributed by atoms with E-state index >= 15 is 0 Å². The maximum atomic E-state index is 10.7. The number of fused-ring (bicyclic) bond motifs is 1. The number of aromatic nitrogens is 2. The number of para-hydroxylation sites is 1. The smallest absolute Gasteiger partial charge is 0.185 e. The topological polar surface area (TPSA) is 34.9 Å². The van der Waals surface area contributed by atoms with Gasteiger partial charge < -0.3 is 4.57 Å². The Morgan fingerprint density at radius 1 is 1.50 bits per heavy atom. The lowest BCUT2D eigenvalue weighted by atomic mass is 10.1. The first-order chi connectivity index (χ1) is 6.77. The average Bonchev–Trinajstić information content (AvgIpc) is 2.55. The fourth-order valence-corrected chi connectivity index (χ4v) is 1.76. The van der Waals surface area contributed by atoms with E-state index < -0.39 is 0 Å². The zero-order chi connectivity index (χ0) is 10.1. The molecule has 72 valence electrons. The lowest BCUT2D eigenvalue weighted by Crippen LogP contribution is -1.96. The molecule has 0 aliphatic rings. The molecular weight excluding hydrogens is 176 g/mol. The van der Waals surface area contributed by atoms with Crippen molar-refractivity contribution in [2.45, 2.75) is 13.3 Å². The second-order valence-corrected chi connectivity index (χ2v) is 3.29. The summed E-state index contributed by atoms with van der Waals surface area (Å²) in [4.78, 5) is 14.9. The van der Waals surface area contributed by atoms with Crippen molar-refractivity contribution in [1.82, 2.24) is 9.55 Å². The van der Waals surface area contributed by atoms with E-state index in [0.29, 0.717) is 5.82 Å². The summed E-state index contributed by atoms with van der Waals surface area (Å²) in [5, 5.41) is 0. The number of aryl methyl sites for hydroxylation is 2. The molecule has 0 amide bonds. The summed E-state index contributed by atoms with van der Waals surface area (Å²) in [7, 11) is 1.87. The number of imidazole rings is 1. The Morgan fingerprint density at radius 2 is 2.29 bits per heavy atom. The van der Waals surface area contributed by atoms with E-state index in [1.54, 1.807) is 0 Å². The molecule has 2 rings (SSSR count). The van der Waals surface area contributed by atoms with Gasteiger partial charge in [-0.25, -0.2) is 4.98 Å². The zero-order valence-electron chi connectivity index (χ0n) is 8.32. The maximum Gasteiger partial charge on any atom is 0.185 e. The molecule has 0 radical (unpaired) electrons. The van der Waals surface area contributed by atoms with Crippen molar-refractivity contribution in [2.24, 2.45) is 7.05 Å². The number of nitrogens with zero attached hydrogens (tertiary/aromatic N) is 2. The van der Waals surface area contributed by atoms with Gasteiger partial charge in [0, 0.05) is 7.05 Å². The van der Waals surface area contributed by atoms with Gasteiger partial charge in [-0.15, -0.1) is 0 Å². The normalized spacial score (nSPS) is 10.7. The number of carbonyl (C=O) groups excluding carboxylic acids is 1. The van der Waals surface area contributed by atoms with Crippen LogP contribution in [-0.4, -0.2) is 15.8 Å². The second-order valence-electron chi connectivity index (χ2n) is 3.29. The van der Waals surface area contributed by atoms with Crippen LogP contribution in [0, 0.1) is 0 Å². The highest BCUT2D eigenvalue weighted by atomic mass is 16.1. The van der Waals surface area contributed by atoms with Crippen molar-refractivity contribution in [2.75, 3.05) is 0 Å². The van der Waals surface area contributed by atoms with Crippen molar-refractivity contribution < 1.29 is 4.79 Å². The van der Waals surface area contributed by atoms with Crippen molar-refractivity contribution in [3.63, 3.8) is 0 Å². The van der Waals surface area contributed by atoms with E-state index in [9.17, 15) is 4.79 Å². The minimum Gasteiger partial charge on any atom is -0.325 e. The lowest BCUT2D eigenvalue weighted by Gasteiger charge is -2.01. The third kappa shape index (κ3) is 1.13. The highest BCUT2D eigenvalue weighted by molar-refractivity contribution is 5.85. The predicted molar refractivity (Wildman–Crippen MR) is 55.5 cm³/mol. The van der Waals surface area contributed by atoms with Gasteiger partial charge >= 0.3 is 0 Å². The van der Waals surface area contributed by atoms with Crippen LogP contribution in [-0.2, 0) is 13.5 Å². The van der Waals surface area contributed by atoms with Crippen molar-refractivity contribution in [3.8, 4) is 0 Å². The summed E-state index contributed by atoms with van der Waals surface area (Å²) in [6.07, 6.45) is 1.74. The van der Waals surface area contributed by atoms with Gasteiger partial charge in [0.15, 0.2) is 12.1 Å². The molecule has 14 heavy (non-hydrogen) atoms. The Kier molecular flexibility index (Phi) is 2.08. The molecule has 0 unspecified atom stereocenters. The summed E-state index contributed by atoms with van der Waals surface area (Å²) in [5.41, 5.74) is 3.19. The van der Waals surface area contributed by atoms with E-state index in [4.69, 9.17) is 0 Å². The first-order valence-corrected chi connectivity index (χ1v) is 4.67. The molecule has 0 aliphatic carbocycles. The minimum atomic E-state index is 0.487. The number of aldehydes is 1. The second kappa shape index (κ2) is 3.25. The zero-order valence-corrected chi connectivity index (χ0v) is 8.32. The lowest BCUT2D eigenvalue weighted by molar-refractivity contribution is 0.111. The highest BCUT2D eigenvalue weighted by Crippen LogP contribution is 2.19. The van der Waals surface area contributed by atoms with E-state index in [1.807, 2.05) is 23.7 Å². The van der Waals surface area contributed by atoms with E-state index in [0.717, 1.165) is 23.7 Å². The molecule has 0 spiro atoms. The van der Waals surface area contributed by atoms with Gasteiger partial charge in [0.2, 0.25) is 0 Å². The summed E-state index contributed by atoms with van der Waals surface area (Å²) in [5.74, 6) is 0.487. The van der Waals surface area contributed by atoms with Crippen molar-refractivity contribution in [3.05, 3.63) is 29.6 Å². The van der Waals surface area contributed by atoms with Crippen LogP contribution in [0.25, 0.3) is 11.0 Å². The standard InChI is InChI=1S/C11H12N2O/c1-3-8-5-4-6-9-11(8)13(2)10(7-14)12-9/h4-7H,3H2,1-2H3. The van der Waals surface area contributed by atoms with Gasteiger partial charge in [0.05, 0.1) is 11.0 Å². The number of carbonyl (C=O) groups is 1. The Bertz CT molecular complexity index is 485. The van der Waals surface area contributed by atoms with E-state index in [1.165, 1.54) is 5.56 Å². The van der Waals surface area contributed by atoms with Gasteiger partial charge in [-0.2, -0.15) is 0 Å². The van der Waals surface area contributed by atoms with Crippen LogP contribution in [0.15, 0.2) is 18.2 Å². The van der Waals surface area contributed by atoms with Crippen LogP contribution in [0.3, 0.4) is 0 Å². The highest BCUT2D eigenvalue weighted by Gasteiger charge is 2.08. The van der Waals surface area contributed by atoms with Crippen LogP contribution >= 0.6 is 0 Å². The summed E-state index contributed by atoms with van der Waals surface area (Å²) in [6, 6.07) is 5.98.